The first-order chi connectivity index (χ1) is 7.13. The first kappa shape index (κ1) is 9.10. The molecule has 3 atom stereocenters. The van der Waals surface area contributed by atoms with E-state index in [0.29, 0.717) is 5.92 Å². The van der Waals surface area contributed by atoms with Crippen LogP contribution >= 0.6 is 0 Å². The van der Waals surface area contributed by atoms with Crippen LogP contribution in [0.5, 0.6) is 0 Å². The van der Waals surface area contributed by atoms with E-state index in [0.717, 1.165) is 17.8 Å². The topological polar surface area (TPSA) is 26.3 Å². The monoisotopic (exact) mass is 202 g/mol. The first-order valence-electron chi connectivity index (χ1n) is 5.38. The second-order valence-corrected chi connectivity index (χ2v) is 4.76. The van der Waals surface area contributed by atoms with Gasteiger partial charge >= 0.3 is 0 Å². The molecule has 0 aromatic rings. The van der Waals surface area contributed by atoms with Gasteiger partial charge in [-0.25, -0.2) is 0 Å². The van der Waals surface area contributed by atoms with Gasteiger partial charge in [-0.05, 0) is 25.5 Å². The van der Waals surface area contributed by atoms with Crippen LogP contribution < -0.4 is 0 Å². The van der Waals surface area contributed by atoms with Crippen molar-refractivity contribution in [3.05, 3.63) is 35.5 Å². The van der Waals surface area contributed by atoms with E-state index in [1.54, 1.807) is 6.08 Å². The lowest BCUT2D eigenvalue weighted by molar-refractivity contribution is -0.113. The molecule has 0 unspecified atom stereocenters. The molecule has 0 aromatic carbocycles. The van der Waals surface area contributed by atoms with Gasteiger partial charge in [0.15, 0.2) is 5.78 Å². The van der Waals surface area contributed by atoms with Crippen molar-refractivity contribution in [2.75, 3.05) is 6.61 Å². The highest BCUT2D eigenvalue weighted by Crippen LogP contribution is 2.49. The Morgan fingerprint density at radius 3 is 3.13 bits per heavy atom. The molecule has 0 amide bonds. The predicted octanol–water partition coefficient (Wildman–Crippen LogP) is 2.03. The molecule has 78 valence electrons. The lowest BCUT2D eigenvalue weighted by atomic mass is 9.67. The lowest BCUT2D eigenvalue weighted by Crippen LogP contribution is -2.41. The maximum Gasteiger partial charge on any atom is 0.182 e. The third-order valence-corrected chi connectivity index (χ3v) is 3.98. The summed E-state index contributed by atoms with van der Waals surface area (Å²) in [5, 5.41) is 0. The maximum atomic E-state index is 11.9. The van der Waals surface area contributed by atoms with Crippen molar-refractivity contribution in [2.45, 2.75) is 19.4 Å². The van der Waals surface area contributed by atoms with Gasteiger partial charge in [-0.15, -0.1) is 0 Å². The maximum absolute atomic E-state index is 11.9. The highest BCUT2D eigenvalue weighted by atomic mass is 16.5. The van der Waals surface area contributed by atoms with Gasteiger partial charge < -0.3 is 4.74 Å². The molecule has 1 heterocycles. The minimum absolute atomic E-state index is 0.162. The number of allylic oxidation sites excluding steroid dienone is 3. The van der Waals surface area contributed by atoms with E-state index in [9.17, 15) is 4.79 Å². The summed E-state index contributed by atoms with van der Waals surface area (Å²) in [5.41, 5.74) is 1.73. The highest BCUT2D eigenvalue weighted by Gasteiger charge is 2.52. The highest BCUT2D eigenvalue weighted by molar-refractivity contribution is 6.07. The predicted molar refractivity (Wildman–Crippen MR) is 57.3 cm³/mol. The van der Waals surface area contributed by atoms with E-state index in [4.69, 9.17) is 4.74 Å². The number of ketones is 1. The Balaban J connectivity index is 2.21. The number of hydrogen-bond donors (Lipinski definition) is 0. The summed E-state index contributed by atoms with van der Waals surface area (Å²) in [6, 6.07) is 0. The zero-order chi connectivity index (χ0) is 10.6. The summed E-state index contributed by atoms with van der Waals surface area (Å²) in [4.78, 5) is 11.9. The largest absolute Gasteiger partial charge is 0.370 e. The molecule has 0 spiro atoms. The van der Waals surface area contributed by atoms with Crippen molar-refractivity contribution < 1.29 is 9.53 Å². The van der Waals surface area contributed by atoms with Gasteiger partial charge in [-0.1, -0.05) is 18.2 Å². The van der Waals surface area contributed by atoms with E-state index in [1.807, 2.05) is 19.1 Å². The van der Waals surface area contributed by atoms with Crippen molar-refractivity contribution in [3.63, 3.8) is 0 Å². The summed E-state index contributed by atoms with van der Waals surface area (Å²) in [6.07, 6.45) is 7.81. The number of ether oxygens (including phenoxy) is 1. The quantitative estimate of drug-likeness (QED) is 0.600. The van der Waals surface area contributed by atoms with Gasteiger partial charge in [0.25, 0.3) is 0 Å². The molecule has 2 heteroatoms. The summed E-state index contributed by atoms with van der Waals surface area (Å²) in [7, 11) is 0. The second-order valence-electron chi connectivity index (χ2n) is 4.76. The van der Waals surface area contributed by atoms with Crippen LogP contribution in [-0.4, -0.2) is 18.0 Å². The van der Waals surface area contributed by atoms with Crippen molar-refractivity contribution >= 4 is 5.78 Å². The minimum Gasteiger partial charge on any atom is -0.370 e. The second kappa shape index (κ2) is 2.70. The number of hydrogen-bond acceptors (Lipinski definition) is 2. The molecule has 2 aliphatic carbocycles. The molecule has 2 nitrogen and oxygen atoms in total. The van der Waals surface area contributed by atoms with Crippen LogP contribution in [0, 0.1) is 11.8 Å². The summed E-state index contributed by atoms with van der Waals surface area (Å²) in [5.74, 6) is 0.775. The fraction of sp³-hybridized carbons (Fsp3) is 0.462. The van der Waals surface area contributed by atoms with Crippen LogP contribution in [0.1, 0.15) is 13.8 Å². The minimum atomic E-state index is -0.255. The third kappa shape index (κ3) is 1.00. The van der Waals surface area contributed by atoms with Crippen molar-refractivity contribution in [2.24, 2.45) is 11.8 Å². The van der Waals surface area contributed by atoms with E-state index in [2.05, 4.69) is 13.0 Å². The molecular formula is C13H14O2. The van der Waals surface area contributed by atoms with Crippen LogP contribution in [0.15, 0.2) is 35.5 Å². The Kier molecular flexibility index (Phi) is 1.64. The number of carbonyl (C=O) groups excluding carboxylic acids is 1. The molecule has 0 N–H and O–H groups in total. The summed E-state index contributed by atoms with van der Waals surface area (Å²) >= 11 is 0. The standard InChI is InChI=1S/C13H14O2/c1-8-6-11(14)10-5-3-4-9-7-15-13(8,2)12(9)10/h3-6,9,12H,7H2,1-2H3/t9-,12+,13-/m0/s1. The Morgan fingerprint density at radius 2 is 2.33 bits per heavy atom. The van der Waals surface area contributed by atoms with Crippen molar-refractivity contribution in [3.8, 4) is 0 Å². The lowest BCUT2D eigenvalue weighted by Gasteiger charge is -2.38. The number of carbonyl (C=O) groups is 1. The van der Waals surface area contributed by atoms with Crippen LogP contribution in [0.2, 0.25) is 0 Å². The van der Waals surface area contributed by atoms with Crippen molar-refractivity contribution in [1.29, 1.82) is 0 Å². The van der Waals surface area contributed by atoms with E-state index >= 15 is 0 Å². The molecule has 1 saturated heterocycles. The van der Waals surface area contributed by atoms with Crippen LogP contribution in [0.4, 0.5) is 0 Å². The molecule has 15 heavy (non-hydrogen) atoms. The Labute approximate surface area is 89.3 Å². The molecular weight excluding hydrogens is 188 g/mol. The van der Waals surface area contributed by atoms with Gasteiger partial charge in [-0.2, -0.15) is 0 Å². The molecule has 1 fully saturated rings. The molecule has 1 aliphatic heterocycles. The molecule has 3 aliphatic rings. The SMILES string of the molecule is CC1=CC(=O)C2=CC=C[C@H]3CO[C@]1(C)[C@@H]23. The zero-order valence-electron chi connectivity index (χ0n) is 8.99. The van der Waals surface area contributed by atoms with Gasteiger partial charge in [0.2, 0.25) is 0 Å². The average Bonchev–Trinajstić information content (AvgIpc) is 2.57. The van der Waals surface area contributed by atoms with Crippen LogP contribution in [0.3, 0.4) is 0 Å². The number of rotatable bonds is 0. The third-order valence-electron chi connectivity index (χ3n) is 3.98. The molecule has 0 radical (unpaired) electrons. The van der Waals surface area contributed by atoms with Gasteiger partial charge in [0, 0.05) is 17.4 Å². The first-order valence-corrected chi connectivity index (χ1v) is 5.38. The van der Waals surface area contributed by atoms with E-state index < -0.39 is 0 Å². The molecule has 0 aromatic heterocycles. The van der Waals surface area contributed by atoms with Gasteiger partial charge in [0.1, 0.15) is 0 Å². The Bertz CT molecular complexity index is 428. The summed E-state index contributed by atoms with van der Waals surface area (Å²) in [6.45, 7) is 4.83. The fourth-order valence-electron chi connectivity index (χ4n) is 2.98. The van der Waals surface area contributed by atoms with E-state index in [1.165, 1.54) is 0 Å². The Morgan fingerprint density at radius 1 is 1.53 bits per heavy atom. The van der Waals surface area contributed by atoms with Crippen molar-refractivity contribution in [1.82, 2.24) is 0 Å². The normalized spacial score (nSPS) is 42.4. The van der Waals surface area contributed by atoms with Crippen LogP contribution in [-0.2, 0) is 9.53 Å². The van der Waals surface area contributed by atoms with Gasteiger partial charge in [0.05, 0.1) is 12.2 Å². The van der Waals surface area contributed by atoms with Crippen LogP contribution in [0.25, 0.3) is 0 Å². The fourth-order valence-corrected chi connectivity index (χ4v) is 2.98. The van der Waals surface area contributed by atoms with E-state index in [-0.39, 0.29) is 17.3 Å². The summed E-state index contributed by atoms with van der Waals surface area (Å²) < 4.78 is 5.91. The smallest absolute Gasteiger partial charge is 0.182 e. The average molecular weight is 202 g/mol. The molecule has 0 bridgehead atoms. The molecule has 0 saturated carbocycles. The van der Waals surface area contributed by atoms with Gasteiger partial charge in [-0.3, -0.25) is 4.79 Å². The molecule has 3 rings (SSSR count). The Hall–Kier alpha value is -1.15. The zero-order valence-corrected chi connectivity index (χ0v) is 8.99.